The summed E-state index contributed by atoms with van der Waals surface area (Å²) in [6, 6.07) is 13.4. The van der Waals surface area contributed by atoms with E-state index in [1.54, 1.807) is 6.20 Å². The van der Waals surface area contributed by atoms with Crippen LogP contribution in [-0.2, 0) is 9.59 Å². The van der Waals surface area contributed by atoms with Gasteiger partial charge in [0.2, 0.25) is 5.91 Å². The molecule has 3 rings (SSSR count). The molecule has 2 aromatic rings. The molecule has 0 fully saturated rings. The number of aromatic nitrogens is 1. The first-order valence-corrected chi connectivity index (χ1v) is 9.73. The topological polar surface area (TPSA) is 91.3 Å². The minimum absolute atomic E-state index is 0.0231. The van der Waals surface area contributed by atoms with Crippen LogP contribution in [0.1, 0.15) is 36.3 Å². The number of anilines is 1. The quantitative estimate of drug-likeness (QED) is 0.568. The Morgan fingerprint density at radius 3 is 2.69 bits per heavy atom. The van der Waals surface area contributed by atoms with Gasteiger partial charge in [0, 0.05) is 31.6 Å². The lowest BCUT2D eigenvalue weighted by Crippen LogP contribution is -2.25. The Bertz CT molecular complexity index is 907. The normalized spacial score (nSPS) is 15.0. The van der Waals surface area contributed by atoms with Crippen LogP contribution in [0.5, 0.6) is 0 Å². The van der Waals surface area contributed by atoms with E-state index in [2.05, 4.69) is 15.6 Å². The molecule has 6 heteroatoms. The number of fused-ring (bicyclic) bond motifs is 1. The van der Waals surface area contributed by atoms with E-state index in [1.807, 2.05) is 60.7 Å². The second kappa shape index (κ2) is 10.2. The van der Waals surface area contributed by atoms with Crippen LogP contribution < -0.4 is 10.6 Å². The van der Waals surface area contributed by atoms with Crippen LogP contribution in [0.2, 0.25) is 0 Å². The number of carboxylic acids is 1. The van der Waals surface area contributed by atoms with E-state index in [0.717, 1.165) is 22.5 Å². The number of rotatable bonds is 9. The lowest BCUT2D eigenvalue weighted by Gasteiger charge is -2.13. The van der Waals surface area contributed by atoms with E-state index in [-0.39, 0.29) is 18.2 Å². The molecule has 0 saturated carbocycles. The lowest BCUT2D eigenvalue weighted by molar-refractivity contribution is -0.137. The van der Waals surface area contributed by atoms with Crippen LogP contribution in [0, 0.1) is 0 Å². The van der Waals surface area contributed by atoms with Gasteiger partial charge in [-0.25, -0.2) is 4.98 Å². The monoisotopic (exact) mass is 391 g/mol. The third-order valence-corrected chi connectivity index (χ3v) is 4.72. The number of nitrogens with one attached hydrogen (secondary N) is 2. The summed E-state index contributed by atoms with van der Waals surface area (Å²) in [7, 11) is 0. The van der Waals surface area contributed by atoms with E-state index in [1.165, 1.54) is 0 Å². The fourth-order valence-corrected chi connectivity index (χ4v) is 3.30. The smallest absolute Gasteiger partial charge is 0.304 e. The predicted molar refractivity (Wildman–Crippen MR) is 114 cm³/mol. The second-order valence-corrected chi connectivity index (χ2v) is 6.93. The van der Waals surface area contributed by atoms with Gasteiger partial charge >= 0.3 is 5.97 Å². The van der Waals surface area contributed by atoms with Crippen LogP contribution in [0.3, 0.4) is 0 Å². The van der Waals surface area contributed by atoms with Crippen LogP contribution in [0.25, 0.3) is 6.08 Å². The molecule has 1 aromatic heterocycles. The Hall–Kier alpha value is -3.41. The third-order valence-electron chi connectivity index (χ3n) is 4.72. The lowest BCUT2D eigenvalue weighted by atomic mass is 9.91. The number of nitrogens with zero attached hydrogens (tertiary/aromatic N) is 1. The van der Waals surface area contributed by atoms with Gasteiger partial charge in [0.25, 0.3) is 0 Å². The standard InChI is InChI=1S/C23H25N3O3/c27-22(9-5-13-25-21-8-3-4-12-24-21)26-16-17-10-11-18-6-1-2-7-20(18)19(14-17)15-23(28)29/h1-4,6-8,10-12,14,19H,5,9,13,15-16H2,(H,24,25)(H,26,27)(H,28,29). The van der Waals surface area contributed by atoms with E-state index in [9.17, 15) is 14.7 Å². The Kier molecular flexibility index (Phi) is 7.16. The third kappa shape index (κ3) is 6.31. The number of benzene rings is 1. The Labute approximate surface area is 170 Å². The molecule has 6 nitrogen and oxygen atoms in total. The number of allylic oxidation sites excluding steroid dienone is 1. The van der Waals surface area contributed by atoms with Gasteiger partial charge in [-0.05, 0) is 35.3 Å². The number of carbonyl (C=O) groups is 2. The van der Waals surface area contributed by atoms with Crippen LogP contribution >= 0.6 is 0 Å². The zero-order valence-electron chi connectivity index (χ0n) is 16.2. The number of amides is 1. The van der Waals surface area contributed by atoms with Crippen LogP contribution in [0.4, 0.5) is 5.82 Å². The first-order valence-electron chi connectivity index (χ1n) is 9.73. The maximum absolute atomic E-state index is 12.2. The molecule has 3 N–H and O–H groups in total. The highest BCUT2D eigenvalue weighted by Crippen LogP contribution is 2.30. The maximum atomic E-state index is 12.2. The number of carboxylic acid groups (broad SMARTS) is 1. The van der Waals surface area contributed by atoms with Crippen LogP contribution in [0.15, 0.2) is 66.4 Å². The fourth-order valence-electron chi connectivity index (χ4n) is 3.30. The van der Waals surface area contributed by atoms with Crippen molar-refractivity contribution in [3.05, 3.63) is 77.5 Å². The summed E-state index contributed by atoms with van der Waals surface area (Å²) >= 11 is 0. The summed E-state index contributed by atoms with van der Waals surface area (Å²) in [6.45, 7) is 1.05. The fraction of sp³-hybridized carbons (Fsp3) is 0.261. The molecule has 1 amide bonds. The summed E-state index contributed by atoms with van der Waals surface area (Å²) in [6.07, 6.45) is 8.73. The van der Waals surface area contributed by atoms with E-state index < -0.39 is 5.97 Å². The van der Waals surface area contributed by atoms with E-state index in [4.69, 9.17) is 0 Å². The van der Waals surface area contributed by atoms with E-state index >= 15 is 0 Å². The summed E-state index contributed by atoms with van der Waals surface area (Å²) < 4.78 is 0. The zero-order valence-corrected chi connectivity index (χ0v) is 16.2. The van der Waals surface area contributed by atoms with Crippen LogP contribution in [-0.4, -0.2) is 35.1 Å². The number of pyridine rings is 1. The molecule has 29 heavy (non-hydrogen) atoms. The maximum Gasteiger partial charge on any atom is 0.304 e. The molecule has 1 heterocycles. The predicted octanol–water partition coefficient (Wildman–Crippen LogP) is 3.60. The first kappa shape index (κ1) is 20.3. The van der Waals surface area contributed by atoms with Gasteiger partial charge in [-0.1, -0.05) is 48.6 Å². The van der Waals surface area contributed by atoms with E-state index in [0.29, 0.717) is 25.9 Å². The van der Waals surface area contributed by atoms with Gasteiger partial charge in [0.15, 0.2) is 0 Å². The molecule has 1 aliphatic carbocycles. The molecule has 0 bridgehead atoms. The molecule has 0 saturated heterocycles. The highest BCUT2D eigenvalue weighted by Gasteiger charge is 2.18. The summed E-state index contributed by atoms with van der Waals surface area (Å²) in [4.78, 5) is 27.6. The van der Waals surface area contributed by atoms with Crippen molar-refractivity contribution in [3.63, 3.8) is 0 Å². The van der Waals surface area contributed by atoms with Crippen molar-refractivity contribution >= 4 is 23.8 Å². The minimum atomic E-state index is -0.841. The molecule has 1 aromatic carbocycles. The first-order chi connectivity index (χ1) is 14.1. The SMILES string of the molecule is O=C(O)CC1C=C(CNC(=O)CCCNc2ccccn2)C=Cc2ccccc21. The molecular formula is C23H25N3O3. The highest BCUT2D eigenvalue weighted by molar-refractivity contribution is 5.76. The Morgan fingerprint density at radius 1 is 1.07 bits per heavy atom. The Balaban J connectivity index is 1.50. The molecule has 150 valence electrons. The van der Waals surface area contributed by atoms with Gasteiger partial charge in [0.05, 0.1) is 6.42 Å². The molecule has 0 spiro atoms. The van der Waals surface area contributed by atoms with Crippen molar-refractivity contribution in [2.24, 2.45) is 0 Å². The minimum Gasteiger partial charge on any atom is -0.481 e. The van der Waals surface area contributed by atoms with Crippen molar-refractivity contribution in [1.82, 2.24) is 10.3 Å². The molecule has 0 radical (unpaired) electrons. The zero-order chi connectivity index (χ0) is 20.5. The summed E-state index contributed by atoms with van der Waals surface area (Å²) in [5.41, 5.74) is 2.91. The molecule has 1 aliphatic rings. The second-order valence-electron chi connectivity index (χ2n) is 6.93. The average Bonchev–Trinajstić information content (AvgIpc) is 2.90. The Morgan fingerprint density at radius 2 is 1.90 bits per heavy atom. The number of carbonyl (C=O) groups excluding carboxylic acids is 1. The van der Waals surface area contributed by atoms with Gasteiger partial charge < -0.3 is 15.7 Å². The number of aliphatic carboxylic acids is 1. The largest absolute Gasteiger partial charge is 0.481 e. The van der Waals surface area contributed by atoms with Crippen molar-refractivity contribution in [2.45, 2.75) is 25.2 Å². The van der Waals surface area contributed by atoms with Gasteiger partial charge in [-0.15, -0.1) is 0 Å². The molecule has 0 aliphatic heterocycles. The molecular weight excluding hydrogens is 366 g/mol. The summed E-state index contributed by atoms with van der Waals surface area (Å²) in [5.74, 6) is -0.288. The average molecular weight is 391 g/mol. The van der Waals surface area contributed by atoms with Gasteiger partial charge in [-0.2, -0.15) is 0 Å². The summed E-state index contributed by atoms with van der Waals surface area (Å²) in [5, 5.41) is 15.4. The van der Waals surface area contributed by atoms with Gasteiger partial charge in [0.1, 0.15) is 5.82 Å². The van der Waals surface area contributed by atoms with Gasteiger partial charge in [-0.3, -0.25) is 9.59 Å². The van der Waals surface area contributed by atoms with Crippen molar-refractivity contribution in [3.8, 4) is 0 Å². The highest BCUT2D eigenvalue weighted by atomic mass is 16.4. The van der Waals surface area contributed by atoms with Crippen molar-refractivity contribution in [2.75, 3.05) is 18.4 Å². The number of hydrogen-bond donors (Lipinski definition) is 3. The number of hydrogen-bond acceptors (Lipinski definition) is 4. The van der Waals surface area contributed by atoms with Crippen molar-refractivity contribution < 1.29 is 14.7 Å². The molecule has 1 atom stereocenters. The van der Waals surface area contributed by atoms with Crippen molar-refractivity contribution in [1.29, 1.82) is 0 Å². The molecule has 1 unspecified atom stereocenters.